The molecule has 0 aliphatic carbocycles. The van der Waals surface area contributed by atoms with Gasteiger partial charge in [-0.25, -0.2) is 5.01 Å². The van der Waals surface area contributed by atoms with Crippen LogP contribution >= 0.6 is 0 Å². The van der Waals surface area contributed by atoms with Crippen molar-refractivity contribution in [2.75, 3.05) is 20.2 Å². The summed E-state index contributed by atoms with van der Waals surface area (Å²) in [5.41, 5.74) is 2.93. The number of carbonyl (C=O) groups is 2. The Hall–Kier alpha value is -3.41. The van der Waals surface area contributed by atoms with Crippen molar-refractivity contribution in [3.8, 4) is 5.75 Å². The maximum Gasteiger partial charge on any atom is 0.243 e. The Morgan fingerprint density at radius 2 is 1.87 bits per heavy atom. The molecule has 0 N–H and O–H groups in total. The molecule has 1 aliphatic rings. The Morgan fingerprint density at radius 1 is 1.13 bits per heavy atom. The molecule has 30 heavy (non-hydrogen) atoms. The number of benzene rings is 2. The molecule has 156 valence electrons. The predicted octanol–water partition coefficient (Wildman–Crippen LogP) is 3.63. The van der Waals surface area contributed by atoms with Crippen LogP contribution in [0.1, 0.15) is 30.4 Å². The lowest BCUT2D eigenvalue weighted by molar-refractivity contribution is -0.136. The van der Waals surface area contributed by atoms with Crippen LogP contribution in [0.4, 0.5) is 0 Å². The fourth-order valence-corrected chi connectivity index (χ4v) is 3.33. The Morgan fingerprint density at radius 3 is 2.53 bits per heavy atom. The number of carbonyl (C=O) groups excluding carboxylic acids is 2. The quantitative estimate of drug-likeness (QED) is 0.599. The second-order valence-corrected chi connectivity index (χ2v) is 7.09. The van der Waals surface area contributed by atoms with Gasteiger partial charge in [-0.15, -0.1) is 6.58 Å². The van der Waals surface area contributed by atoms with Crippen molar-refractivity contribution in [3.63, 3.8) is 0 Å². The SMILES string of the molecule is C=CCN(Cc1ccc(OC)cc1)C(=O)CCC(=O)N1CCC(c2ccccc2)=N1. The number of nitrogens with zero attached hydrogens (tertiary/aromatic N) is 3. The smallest absolute Gasteiger partial charge is 0.243 e. The number of hydrogen-bond donors (Lipinski definition) is 0. The highest BCUT2D eigenvalue weighted by Gasteiger charge is 2.23. The van der Waals surface area contributed by atoms with Gasteiger partial charge in [0.2, 0.25) is 11.8 Å². The molecule has 2 amide bonds. The number of rotatable bonds is 9. The molecule has 3 rings (SSSR count). The van der Waals surface area contributed by atoms with E-state index in [1.807, 2.05) is 54.6 Å². The van der Waals surface area contributed by atoms with Crippen LogP contribution in [0.2, 0.25) is 0 Å². The Balaban J connectivity index is 1.55. The van der Waals surface area contributed by atoms with E-state index in [4.69, 9.17) is 4.74 Å². The highest BCUT2D eigenvalue weighted by molar-refractivity contribution is 6.02. The molecule has 0 saturated heterocycles. The molecule has 1 heterocycles. The zero-order chi connectivity index (χ0) is 21.3. The van der Waals surface area contributed by atoms with E-state index in [-0.39, 0.29) is 24.7 Å². The predicted molar refractivity (Wildman–Crippen MR) is 117 cm³/mol. The van der Waals surface area contributed by atoms with Crippen LogP contribution in [-0.2, 0) is 16.1 Å². The van der Waals surface area contributed by atoms with Crippen LogP contribution in [0.5, 0.6) is 5.75 Å². The normalized spacial score (nSPS) is 13.0. The third-order valence-corrected chi connectivity index (χ3v) is 4.98. The lowest BCUT2D eigenvalue weighted by Gasteiger charge is -2.22. The summed E-state index contributed by atoms with van der Waals surface area (Å²) in [7, 11) is 1.62. The van der Waals surface area contributed by atoms with Gasteiger partial charge in [0.1, 0.15) is 5.75 Å². The highest BCUT2D eigenvalue weighted by Crippen LogP contribution is 2.16. The van der Waals surface area contributed by atoms with E-state index in [1.165, 1.54) is 5.01 Å². The minimum Gasteiger partial charge on any atom is -0.497 e. The molecule has 0 bridgehead atoms. The molecule has 0 fully saturated rings. The first-order valence-corrected chi connectivity index (χ1v) is 10.1. The van der Waals surface area contributed by atoms with Crippen LogP contribution < -0.4 is 4.74 Å². The third-order valence-electron chi connectivity index (χ3n) is 4.98. The average molecular weight is 405 g/mol. The van der Waals surface area contributed by atoms with Gasteiger partial charge in [0.15, 0.2) is 0 Å². The van der Waals surface area contributed by atoms with Crippen molar-refractivity contribution in [1.29, 1.82) is 0 Å². The summed E-state index contributed by atoms with van der Waals surface area (Å²) in [6.07, 6.45) is 2.71. The van der Waals surface area contributed by atoms with Gasteiger partial charge in [-0.1, -0.05) is 48.5 Å². The standard InChI is InChI=1S/C24H27N3O3/c1-3-16-26(18-19-9-11-21(30-2)12-10-19)23(28)13-14-24(29)27-17-15-22(25-27)20-7-5-4-6-8-20/h3-12H,1,13-18H2,2H3. The first-order chi connectivity index (χ1) is 14.6. The molecule has 0 saturated carbocycles. The van der Waals surface area contributed by atoms with E-state index in [0.29, 0.717) is 19.6 Å². The fraction of sp³-hybridized carbons (Fsp3) is 0.292. The van der Waals surface area contributed by atoms with E-state index in [0.717, 1.165) is 29.0 Å². The first kappa shape index (κ1) is 21.3. The minimum atomic E-state index is -0.128. The van der Waals surface area contributed by atoms with Gasteiger partial charge in [0.05, 0.1) is 19.4 Å². The van der Waals surface area contributed by atoms with E-state index >= 15 is 0 Å². The summed E-state index contributed by atoms with van der Waals surface area (Å²) < 4.78 is 5.17. The van der Waals surface area contributed by atoms with Gasteiger partial charge in [-0.05, 0) is 23.3 Å². The van der Waals surface area contributed by atoms with Gasteiger partial charge in [-0.2, -0.15) is 5.10 Å². The minimum absolute atomic E-state index is 0.0782. The molecule has 0 atom stereocenters. The van der Waals surface area contributed by atoms with Crippen LogP contribution in [0.3, 0.4) is 0 Å². The van der Waals surface area contributed by atoms with Gasteiger partial charge < -0.3 is 9.64 Å². The number of amides is 2. The molecule has 1 aliphatic heterocycles. The highest BCUT2D eigenvalue weighted by atomic mass is 16.5. The monoisotopic (exact) mass is 405 g/mol. The van der Waals surface area contributed by atoms with Gasteiger partial charge in [0.25, 0.3) is 0 Å². The number of hydrazone groups is 1. The van der Waals surface area contributed by atoms with Crippen molar-refractivity contribution in [2.45, 2.75) is 25.8 Å². The molecule has 6 nitrogen and oxygen atoms in total. The fourth-order valence-electron chi connectivity index (χ4n) is 3.33. The lowest BCUT2D eigenvalue weighted by Crippen LogP contribution is -2.32. The van der Waals surface area contributed by atoms with Crippen molar-refractivity contribution in [2.24, 2.45) is 5.10 Å². The number of methoxy groups -OCH3 is 1. The van der Waals surface area contributed by atoms with Crippen molar-refractivity contribution < 1.29 is 14.3 Å². The average Bonchev–Trinajstić information content (AvgIpc) is 3.28. The van der Waals surface area contributed by atoms with E-state index < -0.39 is 0 Å². The first-order valence-electron chi connectivity index (χ1n) is 10.1. The maximum atomic E-state index is 12.7. The van der Waals surface area contributed by atoms with Crippen molar-refractivity contribution in [1.82, 2.24) is 9.91 Å². The summed E-state index contributed by atoms with van der Waals surface area (Å²) in [6.45, 7) is 5.19. The summed E-state index contributed by atoms with van der Waals surface area (Å²) >= 11 is 0. The molecule has 6 heteroatoms. The molecule has 0 spiro atoms. The van der Waals surface area contributed by atoms with Crippen molar-refractivity contribution in [3.05, 3.63) is 78.4 Å². The molecular formula is C24H27N3O3. The topological polar surface area (TPSA) is 62.2 Å². The summed E-state index contributed by atoms with van der Waals surface area (Å²) in [5, 5.41) is 5.93. The Kier molecular flexibility index (Phi) is 7.38. The van der Waals surface area contributed by atoms with E-state index in [2.05, 4.69) is 11.7 Å². The second kappa shape index (κ2) is 10.4. The van der Waals surface area contributed by atoms with Crippen LogP contribution in [0, 0.1) is 0 Å². The lowest BCUT2D eigenvalue weighted by atomic mass is 10.1. The largest absolute Gasteiger partial charge is 0.497 e. The molecule has 0 unspecified atom stereocenters. The summed E-state index contributed by atoms with van der Waals surface area (Å²) in [5.74, 6) is 0.565. The third kappa shape index (κ3) is 5.56. The maximum absolute atomic E-state index is 12.7. The second-order valence-electron chi connectivity index (χ2n) is 7.09. The molecule has 2 aromatic carbocycles. The van der Waals surface area contributed by atoms with Crippen molar-refractivity contribution >= 4 is 17.5 Å². The van der Waals surface area contributed by atoms with E-state index in [9.17, 15) is 9.59 Å². The molecular weight excluding hydrogens is 378 g/mol. The molecule has 0 radical (unpaired) electrons. The summed E-state index contributed by atoms with van der Waals surface area (Å²) in [6, 6.07) is 17.4. The molecule has 2 aromatic rings. The van der Waals surface area contributed by atoms with Gasteiger partial charge >= 0.3 is 0 Å². The number of hydrogen-bond acceptors (Lipinski definition) is 4. The Labute approximate surface area is 177 Å². The van der Waals surface area contributed by atoms with Crippen LogP contribution in [0.25, 0.3) is 0 Å². The van der Waals surface area contributed by atoms with E-state index in [1.54, 1.807) is 18.1 Å². The van der Waals surface area contributed by atoms with Crippen LogP contribution in [-0.4, -0.2) is 47.6 Å². The van der Waals surface area contributed by atoms with Gasteiger partial charge in [-0.3, -0.25) is 9.59 Å². The van der Waals surface area contributed by atoms with Gasteiger partial charge in [0, 0.05) is 32.4 Å². The Bertz CT molecular complexity index is 907. The number of ether oxygens (including phenoxy) is 1. The zero-order valence-electron chi connectivity index (χ0n) is 17.3. The molecule has 0 aromatic heterocycles. The van der Waals surface area contributed by atoms with Crippen LogP contribution in [0.15, 0.2) is 72.4 Å². The summed E-state index contributed by atoms with van der Waals surface area (Å²) in [4.78, 5) is 27.0. The zero-order valence-corrected chi connectivity index (χ0v) is 17.3.